The zero-order chi connectivity index (χ0) is 17.1. The molecule has 6 heteroatoms. The highest BCUT2D eigenvalue weighted by Crippen LogP contribution is 2.28. The lowest BCUT2D eigenvalue weighted by atomic mass is 10.1. The first kappa shape index (κ1) is 16.5. The van der Waals surface area contributed by atoms with E-state index in [1.807, 2.05) is 19.9 Å². The molecule has 1 aliphatic rings. The second-order valence-corrected chi connectivity index (χ2v) is 6.04. The van der Waals surface area contributed by atoms with Crippen molar-refractivity contribution >= 4 is 16.9 Å². The van der Waals surface area contributed by atoms with Crippen molar-refractivity contribution in [3.63, 3.8) is 0 Å². The smallest absolute Gasteiger partial charge is 0.336 e. The lowest BCUT2D eigenvalue weighted by Gasteiger charge is -2.13. The van der Waals surface area contributed by atoms with Gasteiger partial charge in [-0.3, -0.25) is 4.79 Å². The van der Waals surface area contributed by atoms with Crippen LogP contribution in [0.15, 0.2) is 27.4 Å². The normalized spacial score (nSPS) is 17.2. The lowest BCUT2D eigenvalue weighted by molar-refractivity contribution is -0.123. The molecule has 0 unspecified atom stereocenters. The van der Waals surface area contributed by atoms with Crippen molar-refractivity contribution in [3.05, 3.63) is 39.7 Å². The van der Waals surface area contributed by atoms with Gasteiger partial charge in [-0.05, 0) is 44.4 Å². The lowest BCUT2D eigenvalue weighted by Crippen LogP contribution is -2.35. The Balaban J connectivity index is 1.65. The Labute approximate surface area is 139 Å². The van der Waals surface area contributed by atoms with Crippen LogP contribution in [0, 0.1) is 13.8 Å². The van der Waals surface area contributed by atoms with E-state index < -0.39 is 5.63 Å². The molecule has 3 rings (SSSR count). The van der Waals surface area contributed by atoms with Crippen molar-refractivity contribution in [2.24, 2.45) is 0 Å². The topological polar surface area (TPSA) is 77.8 Å². The molecule has 1 atom stereocenters. The Bertz CT molecular complexity index is 805. The largest absolute Gasteiger partial charge is 0.483 e. The van der Waals surface area contributed by atoms with Crippen LogP contribution in [0.3, 0.4) is 0 Å². The Morgan fingerprint density at radius 2 is 2.21 bits per heavy atom. The van der Waals surface area contributed by atoms with Crippen molar-refractivity contribution in [1.82, 2.24) is 5.32 Å². The highest BCUT2D eigenvalue weighted by atomic mass is 16.5. The van der Waals surface area contributed by atoms with Crippen LogP contribution in [0.1, 0.15) is 24.0 Å². The summed E-state index contributed by atoms with van der Waals surface area (Å²) in [6.07, 6.45) is 2.12. The Morgan fingerprint density at radius 3 is 2.96 bits per heavy atom. The molecule has 1 aliphatic heterocycles. The molecule has 2 heterocycles. The minimum atomic E-state index is -0.394. The molecule has 0 aliphatic carbocycles. The van der Waals surface area contributed by atoms with Gasteiger partial charge in [0.05, 0.1) is 6.10 Å². The molecule has 1 fully saturated rings. The van der Waals surface area contributed by atoms with Crippen LogP contribution in [-0.4, -0.2) is 31.8 Å². The molecule has 0 bridgehead atoms. The molecule has 1 aromatic carbocycles. The molecule has 2 aromatic rings. The van der Waals surface area contributed by atoms with Gasteiger partial charge in [0.1, 0.15) is 11.3 Å². The predicted octanol–water partition coefficient (Wildman–Crippen LogP) is 2.08. The van der Waals surface area contributed by atoms with E-state index in [0.29, 0.717) is 23.4 Å². The summed E-state index contributed by atoms with van der Waals surface area (Å²) in [5.74, 6) is 0.333. The average molecular weight is 331 g/mol. The van der Waals surface area contributed by atoms with Crippen LogP contribution in [0.2, 0.25) is 0 Å². The maximum absolute atomic E-state index is 11.9. The van der Waals surface area contributed by atoms with Crippen LogP contribution in [0.25, 0.3) is 11.0 Å². The third-order valence-corrected chi connectivity index (χ3v) is 4.23. The third kappa shape index (κ3) is 3.59. The van der Waals surface area contributed by atoms with E-state index in [4.69, 9.17) is 13.9 Å². The minimum absolute atomic E-state index is 0.0882. The van der Waals surface area contributed by atoms with E-state index in [0.717, 1.165) is 30.4 Å². The minimum Gasteiger partial charge on any atom is -0.483 e. The van der Waals surface area contributed by atoms with Gasteiger partial charge in [-0.1, -0.05) is 0 Å². The molecule has 128 valence electrons. The fourth-order valence-electron chi connectivity index (χ4n) is 2.88. The van der Waals surface area contributed by atoms with Crippen molar-refractivity contribution in [1.29, 1.82) is 0 Å². The molecule has 0 radical (unpaired) electrons. The van der Waals surface area contributed by atoms with Gasteiger partial charge in [0, 0.05) is 30.2 Å². The molecular weight excluding hydrogens is 310 g/mol. The van der Waals surface area contributed by atoms with Crippen LogP contribution >= 0.6 is 0 Å². The fourth-order valence-corrected chi connectivity index (χ4v) is 2.88. The number of aryl methyl sites for hydroxylation is 2. The summed E-state index contributed by atoms with van der Waals surface area (Å²) in [5, 5.41) is 3.67. The van der Waals surface area contributed by atoms with Crippen molar-refractivity contribution < 1.29 is 18.7 Å². The first-order valence-electron chi connectivity index (χ1n) is 8.10. The molecule has 1 N–H and O–H groups in total. The highest BCUT2D eigenvalue weighted by Gasteiger charge is 2.16. The summed E-state index contributed by atoms with van der Waals surface area (Å²) in [6.45, 7) is 4.85. The summed E-state index contributed by atoms with van der Waals surface area (Å²) in [7, 11) is 0. The molecule has 1 aromatic heterocycles. The van der Waals surface area contributed by atoms with Crippen LogP contribution in [0.4, 0.5) is 0 Å². The molecular formula is C18H21NO5. The number of carbonyl (C=O) groups excluding carboxylic acids is 1. The summed E-state index contributed by atoms with van der Waals surface area (Å²) < 4.78 is 16.3. The molecule has 1 saturated heterocycles. The molecule has 6 nitrogen and oxygen atoms in total. The molecule has 0 spiro atoms. The van der Waals surface area contributed by atoms with Gasteiger partial charge in [-0.25, -0.2) is 4.79 Å². The standard InChI is InChI=1S/C18H21NO5/c1-11-8-17(21)24-18-12(2)15(6-5-14(11)18)23-10-16(20)19-9-13-4-3-7-22-13/h5-6,8,13H,3-4,7,9-10H2,1-2H3,(H,19,20)/t13-/m1/s1. The molecule has 0 saturated carbocycles. The van der Waals surface area contributed by atoms with E-state index in [2.05, 4.69) is 5.32 Å². The average Bonchev–Trinajstić information content (AvgIpc) is 3.06. The number of amides is 1. The predicted molar refractivity (Wildman–Crippen MR) is 89.4 cm³/mol. The zero-order valence-electron chi connectivity index (χ0n) is 13.9. The summed E-state index contributed by atoms with van der Waals surface area (Å²) in [4.78, 5) is 23.5. The highest BCUT2D eigenvalue weighted by molar-refractivity contribution is 5.85. The maximum atomic E-state index is 11.9. The Kier molecular flexibility index (Phi) is 4.85. The third-order valence-electron chi connectivity index (χ3n) is 4.23. The fraction of sp³-hybridized carbons (Fsp3) is 0.444. The Hall–Kier alpha value is -2.34. The number of carbonyl (C=O) groups is 1. The summed E-state index contributed by atoms with van der Waals surface area (Å²) in [5.41, 5.74) is 1.66. The Morgan fingerprint density at radius 1 is 1.38 bits per heavy atom. The number of hydrogen-bond acceptors (Lipinski definition) is 5. The number of rotatable bonds is 5. The van der Waals surface area contributed by atoms with Crippen LogP contribution in [0.5, 0.6) is 5.75 Å². The summed E-state index contributed by atoms with van der Waals surface area (Å²) >= 11 is 0. The van der Waals surface area contributed by atoms with Crippen LogP contribution < -0.4 is 15.7 Å². The second kappa shape index (κ2) is 7.05. The number of fused-ring (bicyclic) bond motifs is 1. The first-order valence-corrected chi connectivity index (χ1v) is 8.10. The van der Waals surface area contributed by atoms with Crippen molar-refractivity contribution in [2.75, 3.05) is 19.8 Å². The van der Waals surface area contributed by atoms with Gasteiger partial charge in [0.2, 0.25) is 0 Å². The number of benzene rings is 1. The van der Waals surface area contributed by atoms with E-state index in [1.54, 1.807) is 6.07 Å². The van der Waals surface area contributed by atoms with Gasteiger partial charge in [0.15, 0.2) is 6.61 Å². The quantitative estimate of drug-likeness (QED) is 0.849. The number of hydrogen-bond donors (Lipinski definition) is 1. The van der Waals surface area contributed by atoms with Crippen molar-refractivity contribution in [2.45, 2.75) is 32.8 Å². The maximum Gasteiger partial charge on any atom is 0.336 e. The molecule has 1 amide bonds. The van der Waals surface area contributed by atoms with E-state index in [9.17, 15) is 9.59 Å². The van der Waals surface area contributed by atoms with E-state index in [-0.39, 0.29) is 18.6 Å². The zero-order valence-corrected chi connectivity index (χ0v) is 13.9. The van der Waals surface area contributed by atoms with Crippen LogP contribution in [-0.2, 0) is 9.53 Å². The van der Waals surface area contributed by atoms with Gasteiger partial charge in [0.25, 0.3) is 5.91 Å². The van der Waals surface area contributed by atoms with Gasteiger partial charge < -0.3 is 19.2 Å². The first-order chi connectivity index (χ1) is 11.5. The second-order valence-electron chi connectivity index (χ2n) is 6.04. The van der Waals surface area contributed by atoms with Gasteiger partial charge in [-0.15, -0.1) is 0 Å². The number of nitrogens with one attached hydrogen (secondary N) is 1. The van der Waals surface area contributed by atoms with E-state index in [1.165, 1.54) is 6.07 Å². The number of ether oxygens (including phenoxy) is 2. The van der Waals surface area contributed by atoms with Gasteiger partial charge in [-0.2, -0.15) is 0 Å². The van der Waals surface area contributed by atoms with Crippen molar-refractivity contribution in [3.8, 4) is 5.75 Å². The van der Waals surface area contributed by atoms with E-state index >= 15 is 0 Å². The summed E-state index contributed by atoms with van der Waals surface area (Å²) in [6, 6.07) is 5.08. The SMILES string of the molecule is Cc1cc(=O)oc2c(C)c(OCC(=O)NC[C@H]3CCCO3)ccc12. The van der Waals surface area contributed by atoms with Gasteiger partial charge >= 0.3 is 5.63 Å². The molecule has 24 heavy (non-hydrogen) atoms. The monoisotopic (exact) mass is 331 g/mol.